The second-order valence-corrected chi connectivity index (χ2v) is 3.26. The van der Waals surface area contributed by atoms with Crippen molar-refractivity contribution in [3.8, 4) is 0 Å². The third-order valence-electron chi connectivity index (χ3n) is 2.11. The Morgan fingerprint density at radius 2 is 2.08 bits per heavy atom. The maximum absolute atomic E-state index is 10.9. The van der Waals surface area contributed by atoms with Gasteiger partial charge in [0.15, 0.2) is 5.79 Å². The van der Waals surface area contributed by atoms with Crippen molar-refractivity contribution in [3.63, 3.8) is 0 Å². The molecule has 0 radical (unpaired) electrons. The first-order chi connectivity index (χ1) is 6.16. The Bertz CT molecular complexity index is 172. The Labute approximate surface area is 78.2 Å². The average Bonchev–Trinajstić information content (AvgIpc) is 2.15. The summed E-state index contributed by atoms with van der Waals surface area (Å²) >= 11 is 0. The number of rotatable bonds is 3. The molecule has 0 spiro atoms. The normalized spacial score (nSPS) is 21.1. The third-order valence-corrected chi connectivity index (χ3v) is 2.11. The zero-order valence-corrected chi connectivity index (χ0v) is 8.17. The molecule has 1 aliphatic heterocycles. The van der Waals surface area contributed by atoms with Crippen LogP contribution in [0.4, 0.5) is 0 Å². The first-order valence-corrected chi connectivity index (χ1v) is 4.51. The van der Waals surface area contributed by atoms with Crippen LogP contribution in [0, 0.1) is 0 Å². The van der Waals surface area contributed by atoms with Crippen LogP contribution in [-0.4, -0.2) is 32.1 Å². The Kier molecular flexibility index (Phi) is 3.69. The minimum Gasteiger partial charge on any atom is -0.469 e. The fraction of sp³-hybridized carbons (Fsp3) is 0.889. The molecule has 0 aliphatic carbocycles. The predicted molar refractivity (Wildman–Crippen MR) is 46.2 cm³/mol. The predicted octanol–water partition coefficient (Wildman–Crippen LogP) is 1.09. The van der Waals surface area contributed by atoms with E-state index in [0.29, 0.717) is 26.1 Å². The van der Waals surface area contributed by atoms with E-state index in [-0.39, 0.29) is 5.97 Å². The fourth-order valence-corrected chi connectivity index (χ4v) is 1.25. The van der Waals surface area contributed by atoms with Crippen molar-refractivity contribution in [2.75, 3.05) is 20.3 Å². The summed E-state index contributed by atoms with van der Waals surface area (Å²) in [6.07, 6.45) is 1.82. The van der Waals surface area contributed by atoms with Gasteiger partial charge in [-0.1, -0.05) is 0 Å². The van der Waals surface area contributed by atoms with Crippen molar-refractivity contribution in [3.05, 3.63) is 0 Å². The highest BCUT2D eigenvalue weighted by Gasteiger charge is 2.29. The Balaban J connectivity index is 2.28. The molecule has 1 aliphatic rings. The maximum atomic E-state index is 10.9. The molecule has 1 fully saturated rings. The molecule has 13 heavy (non-hydrogen) atoms. The van der Waals surface area contributed by atoms with Gasteiger partial charge in [0.2, 0.25) is 0 Å². The average molecular weight is 188 g/mol. The summed E-state index contributed by atoms with van der Waals surface area (Å²) in [7, 11) is 1.38. The fourth-order valence-electron chi connectivity index (χ4n) is 1.25. The Morgan fingerprint density at radius 1 is 1.46 bits per heavy atom. The molecule has 0 aromatic heterocycles. The van der Waals surface area contributed by atoms with Gasteiger partial charge in [-0.3, -0.25) is 4.79 Å². The molecule has 1 saturated heterocycles. The summed E-state index contributed by atoms with van der Waals surface area (Å²) in [5.41, 5.74) is 0. The van der Waals surface area contributed by atoms with Crippen LogP contribution in [0.5, 0.6) is 0 Å². The van der Waals surface area contributed by atoms with Gasteiger partial charge in [0.25, 0.3) is 0 Å². The third kappa shape index (κ3) is 3.32. The highest BCUT2D eigenvalue weighted by molar-refractivity contribution is 5.69. The van der Waals surface area contributed by atoms with E-state index in [4.69, 9.17) is 9.47 Å². The molecule has 0 N–H and O–H groups in total. The van der Waals surface area contributed by atoms with Crippen LogP contribution in [0.2, 0.25) is 0 Å². The second-order valence-electron chi connectivity index (χ2n) is 3.26. The van der Waals surface area contributed by atoms with Crippen molar-refractivity contribution in [1.29, 1.82) is 0 Å². The molecule has 0 atom stereocenters. The molecule has 4 nitrogen and oxygen atoms in total. The van der Waals surface area contributed by atoms with Gasteiger partial charge in [-0.2, -0.15) is 0 Å². The topological polar surface area (TPSA) is 44.8 Å². The van der Waals surface area contributed by atoms with Gasteiger partial charge in [-0.05, 0) is 13.3 Å². The molecule has 4 heteroatoms. The standard InChI is InChI=1S/C9H16O4/c1-9(5-4-8(10)11-2)12-6-3-7-13-9/h3-7H2,1-2H3. The second kappa shape index (κ2) is 4.58. The van der Waals surface area contributed by atoms with E-state index in [9.17, 15) is 4.79 Å². The van der Waals surface area contributed by atoms with E-state index in [2.05, 4.69) is 4.74 Å². The van der Waals surface area contributed by atoms with Crippen molar-refractivity contribution >= 4 is 5.97 Å². The number of methoxy groups -OCH3 is 1. The minimum atomic E-state index is -0.591. The monoisotopic (exact) mass is 188 g/mol. The summed E-state index contributed by atoms with van der Waals surface area (Å²) in [4.78, 5) is 10.9. The van der Waals surface area contributed by atoms with Gasteiger partial charge >= 0.3 is 5.97 Å². The van der Waals surface area contributed by atoms with Crippen LogP contribution in [-0.2, 0) is 19.0 Å². The van der Waals surface area contributed by atoms with Gasteiger partial charge in [-0.25, -0.2) is 0 Å². The molecular weight excluding hydrogens is 172 g/mol. The number of carbonyl (C=O) groups is 1. The summed E-state index contributed by atoms with van der Waals surface area (Å²) in [6.45, 7) is 3.27. The lowest BCUT2D eigenvalue weighted by atomic mass is 10.1. The Morgan fingerprint density at radius 3 is 2.62 bits per heavy atom. The van der Waals surface area contributed by atoms with E-state index in [1.807, 2.05) is 6.92 Å². The number of hydrogen-bond acceptors (Lipinski definition) is 4. The zero-order chi connectivity index (χ0) is 9.73. The van der Waals surface area contributed by atoms with Gasteiger partial charge in [0, 0.05) is 6.42 Å². The van der Waals surface area contributed by atoms with Crippen molar-refractivity contribution in [1.82, 2.24) is 0 Å². The number of esters is 1. The molecule has 76 valence electrons. The van der Waals surface area contributed by atoms with E-state index in [1.54, 1.807) is 0 Å². The van der Waals surface area contributed by atoms with Crippen LogP contribution < -0.4 is 0 Å². The lowest BCUT2D eigenvalue weighted by Crippen LogP contribution is -2.38. The lowest BCUT2D eigenvalue weighted by molar-refractivity contribution is -0.259. The number of hydrogen-bond donors (Lipinski definition) is 0. The van der Waals surface area contributed by atoms with Crippen LogP contribution >= 0.6 is 0 Å². The van der Waals surface area contributed by atoms with Crippen LogP contribution in [0.3, 0.4) is 0 Å². The van der Waals surface area contributed by atoms with Crippen LogP contribution in [0.1, 0.15) is 26.2 Å². The lowest BCUT2D eigenvalue weighted by Gasteiger charge is -2.33. The first kappa shape index (κ1) is 10.5. The van der Waals surface area contributed by atoms with Gasteiger partial charge in [0.05, 0.1) is 26.7 Å². The molecule has 0 bridgehead atoms. The van der Waals surface area contributed by atoms with Crippen molar-refractivity contribution < 1.29 is 19.0 Å². The summed E-state index contributed by atoms with van der Waals surface area (Å²) in [6, 6.07) is 0. The van der Waals surface area contributed by atoms with E-state index in [1.165, 1.54) is 7.11 Å². The Hall–Kier alpha value is -0.610. The molecule has 0 aromatic rings. The van der Waals surface area contributed by atoms with E-state index >= 15 is 0 Å². The quantitative estimate of drug-likeness (QED) is 0.622. The first-order valence-electron chi connectivity index (χ1n) is 4.51. The minimum absolute atomic E-state index is 0.223. The number of ether oxygens (including phenoxy) is 3. The molecule has 0 aromatic carbocycles. The highest BCUT2D eigenvalue weighted by atomic mass is 16.7. The van der Waals surface area contributed by atoms with Crippen molar-refractivity contribution in [2.45, 2.75) is 32.0 Å². The molecular formula is C9H16O4. The molecule has 0 amide bonds. The van der Waals surface area contributed by atoms with Crippen LogP contribution in [0.25, 0.3) is 0 Å². The van der Waals surface area contributed by atoms with E-state index in [0.717, 1.165) is 6.42 Å². The highest BCUT2D eigenvalue weighted by Crippen LogP contribution is 2.23. The van der Waals surface area contributed by atoms with Crippen molar-refractivity contribution in [2.24, 2.45) is 0 Å². The smallest absolute Gasteiger partial charge is 0.305 e. The molecule has 0 unspecified atom stereocenters. The molecule has 1 heterocycles. The van der Waals surface area contributed by atoms with Gasteiger partial charge < -0.3 is 14.2 Å². The molecule has 0 saturated carbocycles. The molecule has 1 rings (SSSR count). The van der Waals surface area contributed by atoms with Gasteiger partial charge in [-0.15, -0.1) is 0 Å². The summed E-state index contributed by atoms with van der Waals surface area (Å²) in [5.74, 6) is -0.814. The van der Waals surface area contributed by atoms with Crippen LogP contribution in [0.15, 0.2) is 0 Å². The summed E-state index contributed by atoms with van der Waals surface area (Å²) < 4.78 is 15.4. The zero-order valence-electron chi connectivity index (χ0n) is 8.17. The number of carbonyl (C=O) groups excluding carboxylic acids is 1. The van der Waals surface area contributed by atoms with Gasteiger partial charge in [0.1, 0.15) is 0 Å². The summed E-state index contributed by atoms with van der Waals surface area (Å²) in [5, 5.41) is 0. The van der Waals surface area contributed by atoms with E-state index < -0.39 is 5.79 Å². The SMILES string of the molecule is COC(=O)CCC1(C)OCCCO1. The largest absolute Gasteiger partial charge is 0.469 e. The maximum Gasteiger partial charge on any atom is 0.305 e.